The standard InChI is InChI=1S/C17H19BrFN/c1-3-14(10-13-7-5-4-6-8-13)20-17-11-15(18)16(19)9-12(17)2/h4-9,11,14,20H,3,10H2,1-2H3. The third-order valence-corrected chi connectivity index (χ3v) is 4.05. The van der Waals surface area contributed by atoms with Crippen LogP contribution in [0.4, 0.5) is 10.1 Å². The Morgan fingerprint density at radius 1 is 1.20 bits per heavy atom. The molecule has 2 aromatic carbocycles. The lowest BCUT2D eigenvalue weighted by Gasteiger charge is -2.20. The summed E-state index contributed by atoms with van der Waals surface area (Å²) < 4.78 is 14.0. The number of halogens is 2. The second-order valence-electron chi connectivity index (χ2n) is 5.02. The number of benzene rings is 2. The number of aryl methyl sites for hydroxylation is 1. The summed E-state index contributed by atoms with van der Waals surface area (Å²) in [5.41, 5.74) is 3.23. The first-order chi connectivity index (χ1) is 9.60. The zero-order valence-electron chi connectivity index (χ0n) is 11.8. The van der Waals surface area contributed by atoms with Crippen molar-refractivity contribution in [3.63, 3.8) is 0 Å². The van der Waals surface area contributed by atoms with Crippen LogP contribution in [-0.4, -0.2) is 6.04 Å². The molecule has 0 bridgehead atoms. The van der Waals surface area contributed by atoms with Gasteiger partial charge in [-0.25, -0.2) is 4.39 Å². The first-order valence-corrected chi connectivity index (χ1v) is 7.65. The van der Waals surface area contributed by atoms with Gasteiger partial charge in [-0.2, -0.15) is 0 Å². The average Bonchev–Trinajstić information content (AvgIpc) is 2.45. The van der Waals surface area contributed by atoms with E-state index in [0.29, 0.717) is 10.5 Å². The summed E-state index contributed by atoms with van der Waals surface area (Å²) in [5, 5.41) is 3.52. The van der Waals surface area contributed by atoms with Gasteiger partial charge >= 0.3 is 0 Å². The lowest BCUT2D eigenvalue weighted by molar-refractivity contribution is 0.619. The fourth-order valence-electron chi connectivity index (χ4n) is 2.22. The van der Waals surface area contributed by atoms with E-state index in [4.69, 9.17) is 0 Å². The second kappa shape index (κ2) is 6.89. The van der Waals surface area contributed by atoms with Crippen LogP contribution in [0.3, 0.4) is 0 Å². The monoisotopic (exact) mass is 335 g/mol. The summed E-state index contributed by atoms with van der Waals surface area (Å²) in [7, 11) is 0. The molecule has 3 heteroatoms. The molecule has 1 nitrogen and oxygen atoms in total. The summed E-state index contributed by atoms with van der Waals surface area (Å²) in [4.78, 5) is 0. The van der Waals surface area contributed by atoms with Crippen molar-refractivity contribution in [1.82, 2.24) is 0 Å². The van der Waals surface area contributed by atoms with Gasteiger partial charge in [0.25, 0.3) is 0 Å². The first-order valence-electron chi connectivity index (χ1n) is 6.86. The van der Waals surface area contributed by atoms with Gasteiger partial charge in [0.2, 0.25) is 0 Å². The van der Waals surface area contributed by atoms with Gasteiger partial charge in [-0.05, 0) is 59.0 Å². The Morgan fingerprint density at radius 2 is 1.90 bits per heavy atom. The zero-order valence-corrected chi connectivity index (χ0v) is 13.4. The van der Waals surface area contributed by atoms with Crippen molar-refractivity contribution in [3.8, 4) is 0 Å². The summed E-state index contributed by atoms with van der Waals surface area (Å²) in [6.45, 7) is 4.08. The average molecular weight is 336 g/mol. The Hall–Kier alpha value is -1.35. The largest absolute Gasteiger partial charge is 0.382 e. The molecule has 0 heterocycles. The van der Waals surface area contributed by atoms with Crippen molar-refractivity contribution in [2.75, 3.05) is 5.32 Å². The second-order valence-corrected chi connectivity index (χ2v) is 5.87. The summed E-state index contributed by atoms with van der Waals surface area (Å²) >= 11 is 3.24. The van der Waals surface area contributed by atoms with E-state index in [2.05, 4.69) is 52.4 Å². The van der Waals surface area contributed by atoms with Crippen molar-refractivity contribution >= 4 is 21.6 Å². The molecule has 0 aliphatic heterocycles. The van der Waals surface area contributed by atoms with Crippen molar-refractivity contribution in [3.05, 3.63) is 63.9 Å². The Kier molecular flexibility index (Phi) is 5.18. The minimum atomic E-state index is -0.218. The smallest absolute Gasteiger partial charge is 0.137 e. The lowest BCUT2D eigenvalue weighted by atomic mass is 10.0. The van der Waals surface area contributed by atoms with E-state index in [-0.39, 0.29) is 5.82 Å². The predicted octanol–water partition coefficient (Wildman–Crippen LogP) is 5.33. The Labute approximate surface area is 128 Å². The fourth-order valence-corrected chi connectivity index (χ4v) is 2.56. The summed E-state index contributed by atoms with van der Waals surface area (Å²) in [6, 6.07) is 14.1. The van der Waals surface area contributed by atoms with Crippen molar-refractivity contribution in [2.24, 2.45) is 0 Å². The molecule has 20 heavy (non-hydrogen) atoms. The molecule has 0 spiro atoms. The van der Waals surface area contributed by atoms with Crippen molar-refractivity contribution < 1.29 is 4.39 Å². The molecule has 1 N–H and O–H groups in total. The van der Waals surface area contributed by atoms with E-state index in [1.54, 1.807) is 6.07 Å². The van der Waals surface area contributed by atoms with Crippen LogP contribution in [0.1, 0.15) is 24.5 Å². The molecule has 106 valence electrons. The first kappa shape index (κ1) is 15.0. The maximum absolute atomic E-state index is 13.5. The molecule has 2 rings (SSSR count). The van der Waals surface area contributed by atoms with Crippen LogP contribution in [0, 0.1) is 12.7 Å². The molecule has 0 radical (unpaired) electrons. The molecule has 2 aromatic rings. The fraction of sp³-hybridized carbons (Fsp3) is 0.294. The van der Waals surface area contributed by atoms with Crippen molar-refractivity contribution in [2.45, 2.75) is 32.7 Å². The van der Waals surface area contributed by atoms with E-state index in [9.17, 15) is 4.39 Å². The van der Waals surface area contributed by atoms with Crippen LogP contribution in [0.25, 0.3) is 0 Å². The molecule has 0 fully saturated rings. The number of hydrogen-bond acceptors (Lipinski definition) is 1. The van der Waals surface area contributed by atoms with E-state index >= 15 is 0 Å². The van der Waals surface area contributed by atoms with Gasteiger partial charge in [-0.1, -0.05) is 37.3 Å². The van der Waals surface area contributed by atoms with Crippen LogP contribution in [0.15, 0.2) is 46.9 Å². The summed E-state index contributed by atoms with van der Waals surface area (Å²) in [5.74, 6) is -0.218. The maximum Gasteiger partial charge on any atom is 0.137 e. The normalized spacial score (nSPS) is 12.2. The topological polar surface area (TPSA) is 12.0 Å². The van der Waals surface area contributed by atoms with Gasteiger partial charge in [0.15, 0.2) is 0 Å². The molecular formula is C17H19BrFN. The van der Waals surface area contributed by atoms with Crippen LogP contribution >= 0.6 is 15.9 Å². The van der Waals surface area contributed by atoms with Crippen LogP contribution < -0.4 is 5.32 Å². The lowest BCUT2D eigenvalue weighted by Crippen LogP contribution is -2.21. The number of hydrogen-bond donors (Lipinski definition) is 1. The molecule has 1 atom stereocenters. The highest BCUT2D eigenvalue weighted by Crippen LogP contribution is 2.25. The van der Waals surface area contributed by atoms with Crippen LogP contribution in [-0.2, 0) is 6.42 Å². The van der Waals surface area contributed by atoms with Crippen molar-refractivity contribution in [1.29, 1.82) is 0 Å². The minimum absolute atomic E-state index is 0.218. The van der Waals surface area contributed by atoms with E-state index < -0.39 is 0 Å². The van der Waals surface area contributed by atoms with E-state index in [1.165, 1.54) is 5.56 Å². The van der Waals surface area contributed by atoms with Crippen LogP contribution in [0.5, 0.6) is 0 Å². The highest BCUT2D eigenvalue weighted by molar-refractivity contribution is 9.10. The Balaban J connectivity index is 2.12. The molecule has 0 saturated carbocycles. The van der Waals surface area contributed by atoms with E-state index in [0.717, 1.165) is 24.1 Å². The predicted molar refractivity (Wildman–Crippen MR) is 86.7 cm³/mol. The highest BCUT2D eigenvalue weighted by atomic mass is 79.9. The van der Waals surface area contributed by atoms with Gasteiger partial charge in [-0.15, -0.1) is 0 Å². The molecular weight excluding hydrogens is 317 g/mol. The minimum Gasteiger partial charge on any atom is -0.382 e. The SMILES string of the molecule is CCC(Cc1ccccc1)Nc1cc(Br)c(F)cc1C. The molecule has 0 aliphatic rings. The Bertz CT molecular complexity index is 569. The molecule has 1 unspecified atom stereocenters. The van der Waals surface area contributed by atoms with Gasteiger partial charge < -0.3 is 5.32 Å². The number of nitrogens with one attached hydrogen (secondary N) is 1. The molecule has 0 aromatic heterocycles. The highest BCUT2D eigenvalue weighted by Gasteiger charge is 2.11. The van der Waals surface area contributed by atoms with Crippen LogP contribution in [0.2, 0.25) is 0 Å². The third kappa shape index (κ3) is 3.83. The quantitative estimate of drug-likeness (QED) is 0.778. The zero-order chi connectivity index (χ0) is 14.5. The summed E-state index contributed by atoms with van der Waals surface area (Å²) in [6.07, 6.45) is 1.98. The molecule has 0 amide bonds. The Morgan fingerprint density at radius 3 is 2.55 bits per heavy atom. The van der Waals surface area contributed by atoms with Gasteiger partial charge in [0.05, 0.1) is 4.47 Å². The maximum atomic E-state index is 13.5. The van der Waals surface area contributed by atoms with Gasteiger partial charge in [-0.3, -0.25) is 0 Å². The number of rotatable bonds is 5. The third-order valence-electron chi connectivity index (χ3n) is 3.44. The molecule has 0 aliphatic carbocycles. The van der Waals surface area contributed by atoms with Gasteiger partial charge in [0, 0.05) is 11.7 Å². The van der Waals surface area contributed by atoms with E-state index in [1.807, 2.05) is 19.1 Å². The molecule has 0 saturated heterocycles. The number of anilines is 1. The van der Waals surface area contributed by atoms with Gasteiger partial charge in [0.1, 0.15) is 5.82 Å².